The Morgan fingerprint density at radius 3 is 1.71 bits per heavy atom. The molecule has 0 aliphatic carbocycles. The molecule has 0 unspecified atom stereocenters. The number of urea groups is 1. The fraction of sp³-hybridized carbons (Fsp3) is 0.714. The Balaban J connectivity index is 1.80. The summed E-state index contributed by atoms with van der Waals surface area (Å²) in [6.45, 7) is 2.27. The van der Waals surface area contributed by atoms with Gasteiger partial charge in [0.1, 0.15) is 5.75 Å². The van der Waals surface area contributed by atoms with Gasteiger partial charge in [0.25, 0.3) is 0 Å². The molecular formula is C28H48N2O3S. The van der Waals surface area contributed by atoms with Crippen LogP contribution < -0.4 is 10.6 Å². The van der Waals surface area contributed by atoms with E-state index in [1.807, 2.05) is 0 Å². The molecule has 0 aliphatic rings. The Kier molecular flexibility index (Phi) is 19.5. The van der Waals surface area contributed by atoms with Crippen LogP contribution in [0.2, 0.25) is 0 Å². The highest BCUT2D eigenvalue weighted by Gasteiger charge is 2.07. The number of imide groups is 1. The topological polar surface area (TPSA) is 78.4 Å². The van der Waals surface area contributed by atoms with Gasteiger partial charge in [-0.25, -0.2) is 4.79 Å². The van der Waals surface area contributed by atoms with Crippen LogP contribution >= 0.6 is 11.8 Å². The SMILES string of the molecule is CCCCCCCCCCSCCCCCCCCCCC(=O)NC(=O)Nc1ccc(O)cc1. The second-order valence-electron chi connectivity index (χ2n) is 9.21. The lowest BCUT2D eigenvalue weighted by molar-refractivity contribution is -0.120. The van der Waals surface area contributed by atoms with Crippen LogP contribution in [0.1, 0.15) is 116 Å². The fourth-order valence-corrected chi connectivity index (χ4v) is 4.91. The molecule has 194 valence electrons. The zero-order chi connectivity index (χ0) is 24.7. The molecule has 0 fully saturated rings. The summed E-state index contributed by atoms with van der Waals surface area (Å²) in [5.41, 5.74) is 0.533. The molecule has 0 saturated carbocycles. The van der Waals surface area contributed by atoms with E-state index < -0.39 is 6.03 Å². The zero-order valence-electron chi connectivity index (χ0n) is 21.4. The van der Waals surface area contributed by atoms with Crippen molar-refractivity contribution in [2.24, 2.45) is 0 Å². The summed E-state index contributed by atoms with van der Waals surface area (Å²) in [4.78, 5) is 23.7. The van der Waals surface area contributed by atoms with E-state index in [1.165, 1.54) is 107 Å². The normalized spacial score (nSPS) is 10.9. The van der Waals surface area contributed by atoms with E-state index >= 15 is 0 Å². The summed E-state index contributed by atoms with van der Waals surface area (Å²) in [6, 6.07) is 5.59. The van der Waals surface area contributed by atoms with Crippen LogP contribution in [0.15, 0.2) is 24.3 Å². The molecule has 0 saturated heterocycles. The van der Waals surface area contributed by atoms with Crippen molar-refractivity contribution in [2.45, 2.75) is 116 Å². The van der Waals surface area contributed by atoms with Crippen molar-refractivity contribution < 1.29 is 14.7 Å². The number of carbonyl (C=O) groups excluding carboxylic acids is 2. The van der Waals surface area contributed by atoms with Gasteiger partial charge in [-0.3, -0.25) is 10.1 Å². The first-order chi connectivity index (χ1) is 16.6. The average Bonchev–Trinajstić information content (AvgIpc) is 2.82. The predicted octanol–water partition coefficient (Wildman–Crippen LogP) is 8.43. The Hall–Kier alpha value is -1.69. The van der Waals surface area contributed by atoms with Crippen LogP contribution in [0.5, 0.6) is 5.75 Å². The maximum Gasteiger partial charge on any atom is 0.325 e. The van der Waals surface area contributed by atoms with E-state index in [2.05, 4.69) is 29.3 Å². The lowest BCUT2D eigenvalue weighted by atomic mass is 10.1. The number of hydrogen-bond donors (Lipinski definition) is 3. The van der Waals surface area contributed by atoms with Gasteiger partial charge in [0.2, 0.25) is 5.91 Å². The van der Waals surface area contributed by atoms with Gasteiger partial charge < -0.3 is 10.4 Å². The number of amides is 3. The van der Waals surface area contributed by atoms with Gasteiger partial charge in [-0.15, -0.1) is 0 Å². The van der Waals surface area contributed by atoms with Crippen LogP contribution in [0.4, 0.5) is 10.5 Å². The number of nitrogens with one attached hydrogen (secondary N) is 2. The number of aromatic hydroxyl groups is 1. The maximum atomic E-state index is 11.9. The number of rotatable bonds is 21. The van der Waals surface area contributed by atoms with Gasteiger partial charge in [-0.05, 0) is 55.0 Å². The summed E-state index contributed by atoms with van der Waals surface area (Å²) >= 11 is 2.13. The van der Waals surface area contributed by atoms with Crippen LogP contribution in [0, 0.1) is 0 Å². The molecule has 6 heteroatoms. The third-order valence-electron chi connectivity index (χ3n) is 5.96. The molecule has 0 aliphatic heterocycles. The Bertz CT molecular complexity index is 637. The van der Waals surface area contributed by atoms with Gasteiger partial charge in [-0.2, -0.15) is 11.8 Å². The number of phenolic OH excluding ortho intramolecular Hbond substituents is 1. The molecular weight excluding hydrogens is 444 g/mol. The molecule has 0 heterocycles. The van der Waals surface area contributed by atoms with Crippen molar-refractivity contribution in [2.75, 3.05) is 16.8 Å². The van der Waals surface area contributed by atoms with E-state index in [1.54, 1.807) is 12.1 Å². The highest BCUT2D eigenvalue weighted by Crippen LogP contribution is 2.15. The number of unbranched alkanes of at least 4 members (excludes halogenated alkanes) is 14. The predicted molar refractivity (Wildman–Crippen MR) is 147 cm³/mol. The zero-order valence-corrected chi connectivity index (χ0v) is 22.2. The van der Waals surface area contributed by atoms with E-state index in [0.29, 0.717) is 12.1 Å². The molecule has 0 spiro atoms. The maximum absolute atomic E-state index is 11.9. The van der Waals surface area contributed by atoms with Crippen molar-refractivity contribution in [3.63, 3.8) is 0 Å². The van der Waals surface area contributed by atoms with Crippen molar-refractivity contribution in [1.29, 1.82) is 0 Å². The van der Waals surface area contributed by atoms with Gasteiger partial charge >= 0.3 is 6.03 Å². The number of thioether (sulfide) groups is 1. The minimum atomic E-state index is -0.536. The molecule has 0 radical (unpaired) electrons. The largest absolute Gasteiger partial charge is 0.508 e. The summed E-state index contributed by atoms with van der Waals surface area (Å²) in [7, 11) is 0. The van der Waals surface area contributed by atoms with Crippen molar-refractivity contribution >= 4 is 29.4 Å². The molecule has 5 nitrogen and oxygen atoms in total. The van der Waals surface area contributed by atoms with Gasteiger partial charge in [0.15, 0.2) is 0 Å². The summed E-state index contributed by atoms with van der Waals surface area (Å²) < 4.78 is 0. The van der Waals surface area contributed by atoms with Gasteiger partial charge in [-0.1, -0.05) is 90.4 Å². The number of carbonyl (C=O) groups is 2. The molecule has 34 heavy (non-hydrogen) atoms. The van der Waals surface area contributed by atoms with E-state index in [-0.39, 0.29) is 11.7 Å². The smallest absolute Gasteiger partial charge is 0.325 e. The number of hydrogen-bond acceptors (Lipinski definition) is 4. The molecule has 0 bridgehead atoms. The third-order valence-corrected chi connectivity index (χ3v) is 7.12. The summed E-state index contributed by atoms with van der Waals surface area (Å²) in [5.74, 6) is 2.53. The van der Waals surface area contributed by atoms with Gasteiger partial charge in [0, 0.05) is 12.1 Å². The minimum absolute atomic E-state index is 0.130. The summed E-state index contributed by atoms with van der Waals surface area (Å²) in [6.07, 6.45) is 21.1. The molecule has 1 aromatic rings. The number of anilines is 1. The Morgan fingerprint density at radius 2 is 1.18 bits per heavy atom. The second kappa shape index (κ2) is 21.8. The minimum Gasteiger partial charge on any atom is -0.508 e. The van der Waals surface area contributed by atoms with E-state index in [9.17, 15) is 14.7 Å². The quantitative estimate of drug-likeness (QED) is 0.119. The first-order valence-electron chi connectivity index (χ1n) is 13.6. The molecule has 3 amide bonds. The van der Waals surface area contributed by atoms with E-state index in [0.717, 1.165) is 19.3 Å². The first-order valence-corrected chi connectivity index (χ1v) is 14.7. The third kappa shape index (κ3) is 18.7. The Labute approximate surface area is 212 Å². The summed E-state index contributed by atoms with van der Waals surface area (Å²) in [5, 5.41) is 14.2. The number of phenols is 1. The second-order valence-corrected chi connectivity index (χ2v) is 10.4. The molecule has 3 N–H and O–H groups in total. The van der Waals surface area contributed by atoms with E-state index in [4.69, 9.17) is 0 Å². The highest BCUT2D eigenvalue weighted by atomic mass is 32.2. The standard InChI is InChI=1S/C28H48N2O3S/c1-2-3-4-5-6-10-13-16-23-34-24-17-14-11-8-7-9-12-15-18-27(32)30-28(33)29-25-19-21-26(31)22-20-25/h19-22,31H,2-18,23-24H2,1H3,(H2,29,30,32,33). The van der Waals surface area contributed by atoms with Crippen molar-refractivity contribution in [3.8, 4) is 5.75 Å². The molecule has 0 atom stereocenters. The van der Waals surface area contributed by atoms with Gasteiger partial charge in [0.05, 0.1) is 0 Å². The lowest BCUT2D eigenvalue weighted by Crippen LogP contribution is -2.34. The van der Waals surface area contributed by atoms with Crippen LogP contribution in [0.25, 0.3) is 0 Å². The van der Waals surface area contributed by atoms with Crippen LogP contribution in [0.3, 0.4) is 0 Å². The monoisotopic (exact) mass is 492 g/mol. The van der Waals surface area contributed by atoms with Crippen molar-refractivity contribution in [3.05, 3.63) is 24.3 Å². The average molecular weight is 493 g/mol. The first kappa shape index (κ1) is 30.3. The lowest BCUT2D eigenvalue weighted by Gasteiger charge is -2.07. The van der Waals surface area contributed by atoms with Crippen molar-refractivity contribution in [1.82, 2.24) is 5.32 Å². The fourth-order valence-electron chi connectivity index (χ4n) is 3.89. The van der Waals surface area contributed by atoms with Crippen LogP contribution in [-0.2, 0) is 4.79 Å². The highest BCUT2D eigenvalue weighted by molar-refractivity contribution is 7.99. The molecule has 1 rings (SSSR count). The molecule has 0 aromatic heterocycles. The number of benzene rings is 1. The molecule has 1 aromatic carbocycles. The Morgan fingerprint density at radius 1 is 0.706 bits per heavy atom. The van der Waals surface area contributed by atoms with Crippen LogP contribution in [-0.4, -0.2) is 28.6 Å².